The molecule has 1 aliphatic rings. The summed E-state index contributed by atoms with van der Waals surface area (Å²) in [7, 11) is 0. The summed E-state index contributed by atoms with van der Waals surface area (Å²) in [6.45, 7) is -0.544. The third-order valence-electron chi connectivity index (χ3n) is 2.98. The van der Waals surface area contributed by atoms with Crippen molar-refractivity contribution in [2.45, 2.75) is 0 Å². The Kier molecular flexibility index (Phi) is 6.16. The standard InChI is InChI=1S/C14H12ClFN2O5S/c15-8-1-2-9(10(16)5-8)13(21)23-6-11(19)17-3-4-18-12(20)7-24-14(18)22/h1-2,5H,3-4,6-7H2,(H,17,19). The Morgan fingerprint density at radius 1 is 1.38 bits per heavy atom. The van der Waals surface area contributed by atoms with Crippen LogP contribution < -0.4 is 5.32 Å². The molecule has 128 valence electrons. The van der Waals surface area contributed by atoms with Crippen LogP contribution in [0.25, 0.3) is 0 Å². The van der Waals surface area contributed by atoms with E-state index < -0.39 is 24.3 Å². The summed E-state index contributed by atoms with van der Waals surface area (Å²) in [4.78, 5) is 46.9. The molecule has 7 nitrogen and oxygen atoms in total. The summed E-state index contributed by atoms with van der Waals surface area (Å²) in [5.74, 6) is -2.71. The molecule has 0 aliphatic carbocycles. The molecule has 0 saturated carbocycles. The van der Waals surface area contributed by atoms with Crippen LogP contribution in [-0.4, -0.2) is 53.4 Å². The lowest BCUT2D eigenvalue weighted by atomic mass is 10.2. The smallest absolute Gasteiger partial charge is 0.341 e. The Hall–Kier alpha value is -2.13. The number of halogens is 2. The first-order valence-electron chi connectivity index (χ1n) is 6.74. The van der Waals surface area contributed by atoms with Gasteiger partial charge in [-0.25, -0.2) is 9.18 Å². The summed E-state index contributed by atoms with van der Waals surface area (Å²) in [5.41, 5.74) is -0.336. The van der Waals surface area contributed by atoms with Gasteiger partial charge in [-0.05, 0) is 18.2 Å². The molecule has 0 radical (unpaired) electrons. The maximum Gasteiger partial charge on any atom is 0.341 e. The van der Waals surface area contributed by atoms with Crippen molar-refractivity contribution < 1.29 is 28.3 Å². The molecule has 0 aromatic heterocycles. The second-order valence-electron chi connectivity index (χ2n) is 4.65. The number of hydrogen-bond donors (Lipinski definition) is 1. The van der Waals surface area contributed by atoms with Crippen molar-refractivity contribution in [3.05, 3.63) is 34.6 Å². The number of carbonyl (C=O) groups excluding carboxylic acids is 4. The lowest BCUT2D eigenvalue weighted by molar-refractivity contribution is -0.126. The SMILES string of the molecule is O=C(COC(=O)c1ccc(Cl)cc1F)NCCN1C(=O)CSC1=O. The van der Waals surface area contributed by atoms with Gasteiger partial charge < -0.3 is 10.1 Å². The second-order valence-corrected chi connectivity index (χ2v) is 6.01. The van der Waals surface area contributed by atoms with Crippen molar-refractivity contribution in [1.82, 2.24) is 10.2 Å². The molecule has 0 unspecified atom stereocenters. The third kappa shape index (κ3) is 4.68. The Balaban J connectivity index is 1.74. The average molecular weight is 375 g/mol. The fourth-order valence-electron chi connectivity index (χ4n) is 1.82. The molecule has 10 heteroatoms. The van der Waals surface area contributed by atoms with Crippen LogP contribution in [0.1, 0.15) is 10.4 Å². The zero-order valence-electron chi connectivity index (χ0n) is 12.2. The molecule has 0 spiro atoms. The normalized spacial score (nSPS) is 14.0. The molecule has 1 saturated heterocycles. The number of nitrogens with one attached hydrogen (secondary N) is 1. The van der Waals surface area contributed by atoms with Crippen LogP contribution in [0.5, 0.6) is 0 Å². The summed E-state index contributed by atoms with van der Waals surface area (Å²) in [6, 6.07) is 3.43. The predicted molar refractivity (Wildman–Crippen MR) is 84.3 cm³/mol. The van der Waals surface area contributed by atoms with Gasteiger partial charge in [0.15, 0.2) is 6.61 Å². The number of benzene rings is 1. The number of amides is 3. The first-order chi connectivity index (χ1) is 11.4. The number of imide groups is 1. The summed E-state index contributed by atoms with van der Waals surface area (Å²) in [5, 5.41) is 2.16. The van der Waals surface area contributed by atoms with Crippen molar-refractivity contribution in [3.8, 4) is 0 Å². The minimum absolute atomic E-state index is 0.0315. The van der Waals surface area contributed by atoms with Crippen molar-refractivity contribution in [2.24, 2.45) is 0 Å². The number of hydrogen-bond acceptors (Lipinski definition) is 6. The highest BCUT2D eigenvalue weighted by Crippen LogP contribution is 2.17. The maximum atomic E-state index is 13.5. The highest BCUT2D eigenvalue weighted by molar-refractivity contribution is 8.14. The molecule has 1 aliphatic heterocycles. The summed E-state index contributed by atoms with van der Waals surface area (Å²) < 4.78 is 18.2. The second kappa shape index (κ2) is 8.11. The maximum absolute atomic E-state index is 13.5. The quantitative estimate of drug-likeness (QED) is 0.757. The van der Waals surface area contributed by atoms with Crippen molar-refractivity contribution >= 4 is 46.4 Å². The zero-order chi connectivity index (χ0) is 17.7. The van der Waals surface area contributed by atoms with Gasteiger partial charge in [0.25, 0.3) is 11.1 Å². The molecule has 1 heterocycles. The van der Waals surface area contributed by atoms with E-state index in [0.29, 0.717) is 0 Å². The van der Waals surface area contributed by atoms with Gasteiger partial charge in [-0.15, -0.1) is 0 Å². The van der Waals surface area contributed by atoms with Crippen LogP contribution in [-0.2, 0) is 14.3 Å². The molecular formula is C14H12ClFN2O5S. The topological polar surface area (TPSA) is 92.8 Å². The Bertz CT molecular complexity index is 684. The number of thioether (sulfide) groups is 1. The van der Waals surface area contributed by atoms with Gasteiger partial charge in [0.05, 0.1) is 11.3 Å². The van der Waals surface area contributed by atoms with Crippen LogP contribution in [0.4, 0.5) is 9.18 Å². The van der Waals surface area contributed by atoms with Gasteiger partial charge in [0, 0.05) is 18.1 Å². The number of ether oxygens (including phenoxy) is 1. The number of carbonyl (C=O) groups is 4. The molecule has 1 aromatic carbocycles. The van der Waals surface area contributed by atoms with E-state index in [4.69, 9.17) is 11.6 Å². The molecule has 1 fully saturated rings. The third-order valence-corrected chi connectivity index (χ3v) is 4.08. The van der Waals surface area contributed by atoms with Crippen molar-refractivity contribution in [1.29, 1.82) is 0 Å². The minimum Gasteiger partial charge on any atom is -0.452 e. The fraction of sp³-hybridized carbons (Fsp3) is 0.286. The molecule has 1 aromatic rings. The van der Waals surface area contributed by atoms with E-state index in [1.54, 1.807) is 0 Å². The zero-order valence-corrected chi connectivity index (χ0v) is 13.8. The van der Waals surface area contributed by atoms with Gasteiger partial charge in [0.2, 0.25) is 5.91 Å². The van der Waals surface area contributed by atoms with E-state index in [-0.39, 0.29) is 40.6 Å². The van der Waals surface area contributed by atoms with Gasteiger partial charge >= 0.3 is 5.97 Å². The van der Waals surface area contributed by atoms with Crippen LogP contribution in [0, 0.1) is 5.82 Å². The number of rotatable bonds is 6. The Labute approximate surface area is 145 Å². The lowest BCUT2D eigenvalue weighted by Crippen LogP contribution is -2.38. The van der Waals surface area contributed by atoms with Crippen LogP contribution in [0.3, 0.4) is 0 Å². The summed E-state index contributed by atoms with van der Waals surface area (Å²) >= 11 is 6.47. The van der Waals surface area contributed by atoms with Crippen LogP contribution >= 0.6 is 23.4 Å². The average Bonchev–Trinajstić information content (AvgIpc) is 2.84. The molecule has 0 atom stereocenters. The van der Waals surface area contributed by atoms with Gasteiger partial charge in [0.1, 0.15) is 5.82 Å². The van der Waals surface area contributed by atoms with E-state index in [1.807, 2.05) is 0 Å². The molecule has 2 rings (SSSR count). The predicted octanol–water partition coefficient (Wildman–Crippen LogP) is 1.45. The largest absolute Gasteiger partial charge is 0.452 e. The lowest BCUT2D eigenvalue weighted by Gasteiger charge is -2.13. The highest BCUT2D eigenvalue weighted by Gasteiger charge is 2.29. The fourth-order valence-corrected chi connectivity index (χ4v) is 2.73. The van der Waals surface area contributed by atoms with Gasteiger partial charge in [-0.2, -0.15) is 0 Å². The van der Waals surface area contributed by atoms with Crippen LogP contribution in [0.15, 0.2) is 18.2 Å². The monoisotopic (exact) mass is 374 g/mol. The molecule has 0 bridgehead atoms. The minimum atomic E-state index is -0.999. The van der Waals surface area contributed by atoms with Gasteiger partial charge in [-0.3, -0.25) is 19.3 Å². The molecule has 3 amide bonds. The van der Waals surface area contributed by atoms with E-state index in [0.717, 1.165) is 28.8 Å². The Morgan fingerprint density at radius 3 is 2.75 bits per heavy atom. The van der Waals surface area contributed by atoms with Crippen LogP contribution in [0.2, 0.25) is 5.02 Å². The Morgan fingerprint density at radius 2 is 2.12 bits per heavy atom. The van der Waals surface area contributed by atoms with Crippen molar-refractivity contribution in [3.63, 3.8) is 0 Å². The van der Waals surface area contributed by atoms with E-state index >= 15 is 0 Å². The first kappa shape index (κ1) is 18.2. The van der Waals surface area contributed by atoms with E-state index in [2.05, 4.69) is 10.1 Å². The molecule has 1 N–H and O–H groups in total. The highest BCUT2D eigenvalue weighted by atomic mass is 35.5. The number of esters is 1. The summed E-state index contributed by atoms with van der Waals surface area (Å²) in [6.07, 6.45) is 0. The first-order valence-corrected chi connectivity index (χ1v) is 8.11. The molecule has 24 heavy (non-hydrogen) atoms. The van der Waals surface area contributed by atoms with Gasteiger partial charge in [-0.1, -0.05) is 23.4 Å². The number of nitrogens with zero attached hydrogens (tertiary/aromatic N) is 1. The molecular weight excluding hydrogens is 363 g/mol. The van der Waals surface area contributed by atoms with E-state index in [9.17, 15) is 23.6 Å². The van der Waals surface area contributed by atoms with E-state index in [1.165, 1.54) is 6.07 Å². The van der Waals surface area contributed by atoms with Crippen molar-refractivity contribution in [2.75, 3.05) is 25.4 Å².